The van der Waals surface area contributed by atoms with Crippen LogP contribution in [0.1, 0.15) is 12.5 Å². The van der Waals surface area contributed by atoms with Crippen LogP contribution >= 0.6 is 0 Å². The van der Waals surface area contributed by atoms with Gasteiger partial charge in [0.25, 0.3) is 0 Å². The Labute approximate surface area is 108 Å². The van der Waals surface area contributed by atoms with Gasteiger partial charge in [0.15, 0.2) is 5.82 Å². The average molecular weight is 260 g/mol. The highest BCUT2D eigenvalue weighted by Crippen LogP contribution is 2.31. The summed E-state index contributed by atoms with van der Waals surface area (Å²) < 4.78 is 1.63. The summed E-state index contributed by atoms with van der Waals surface area (Å²) in [5.74, 6) is -1.34. The van der Waals surface area contributed by atoms with Gasteiger partial charge in [-0.3, -0.25) is 9.59 Å². The molecule has 3 rings (SSSR count). The van der Waals surface area contributed by atoms with Crippen molar-refractivity contribution < 1.29 is 14.7 Å². The van der Waals surface area contributed by atoms with Gasteiger partial charge in [0.2, 0.25) is 11.6 Å². The fourth-order valence-corrected chi connectivity index (χ4v) is 2.48. The summed E-state index contributed by atoms with van der Waals surface area (Å²) in [6, 6.07) is 1.08. The molecule has 0 amide bonds. The molecule has 2 heterocycles. The van der Waals surface area contributed by atoms with Crippen molar-refractivity contribution in [3.63, 3.8) is 0 Å². The Bertz CT molecular complexity index is 679. The molecular weight excluding hydrogens is 248 g/mol. The summed E-state index contributed by atoms with van der Waals surface area (Å²) in [6.45, 7) is -0.308. The van der Waals surface area contributed by atoms with E-state index in [1.807, 2.05) is 0 Å². The number of Topliss-reactive ketones (excluding diaryl/α,β-unsaturated/α-hetero) is 2. The first-order chi connectivity index (χ1) is 9.13. The molecule has 0 spiro atoms. The summed E-state index contributed by atoms with van der Waals surface area (Å²) in [7, 11) is 0. The molecule has 1 fully saturated rings. The highest BCUT2D eigenvalue weighted by atomic mass is 16.3. The average Bonchev–Trinajstić information content (AvgIpc) is 2.94. The second-order valence-corrected chi connectivity index (χ2v) is 4.58. The molecule has 0 saturated heterocycles. The van der Waals surface area contributed by atoms with Crippen molar-refractivity contribution in [3.8, 4) is 0 Å². The minimum absolute atomic E-state index is 0.284. The number of carbonyl (C=O) groups is 2. The largest absolute Gasteiger partial charge is 0.396 e. The number of pyridine rings is 1. The van der Waals surface area contributed by atoms with Crippen molar-refractivity contribution in [3.05, 3.63) is 18.6 Å². The molecule has 0 aliphatic heterocycles. The third-order valence-electron chi connectivity index (χ3n) is 3.50. The van der Waals surface area contributed by atoms with Gasteiger partial charge in [-0.1, -0.05) is 0 Å². The summed E-state index contributed by atoms with van der Waals surface area (Å²) in [4.78, 5) is 31.7. The molecule has 2 atom stereocenters. The van der Waals surface area contributed by atoms with Crippen molar-refractivity contribution in [2.45, 2.75) is 12.5 Å². The van der Waals surface area contributed by atoms with E-state index in [-0.39, 0.29) is 12.4 Å². The van der Waals surface area contributed by atoms with Crippen LogP contribution in [0.3, 0.4) is 0 Å². The number of nitrogen functional groups attached to an aromatic ring is 1. The number of carbonyl (C=O) groups excluding carboxylic acids is 2. The Hall–Kier alpha value is -2.28. The molecule has 0 aromatic carbocycles. The van der Waals surface area contributed by atoms with Gasteiger partial charge >= 0.3 is 0 Å². The van der Waals surface area contributed by atoms with Crippen LogP contribution in [0.15, 0.2) is 18.6 Å². The smallest absolute Gasteiger partial charge is 0.221 e. The number of aliphatic hydroxyl groups excluding tert-OH is 1. The van der Waals surface area contributed by atoms with Crippen LogP contribution in [0.4, 0.5) is 5.82 Å². The van der Waals surface area contributed by atoms with E-state index in [0.29, 0.717) is 17.5 Å². The lowest BCUT2D eigenvalue weighted by Gasteiger charge is -2.10. The maximum absolute atomic E-state index is 11.9. The molecule has 1 unspecified atom stereocenters. The first-order valence-electron chi connectivity index (χ1n) is 5.89. The van der Waals surface area contributed by atoms with Crippen molar-refractivity contribution >= 4 is 28.4 Å². The van der Waals surface area contributed by atoms with Crippen molar-refractivity contribution in [1.29, 1.82) is 0 Å². The van der Waals surface area contributed by atoms with Crippen LogP contribution in [0, 0.1) is 5.92 Å². The van der Waals surface area contributed by atoms with E-state index in [1.165, 1.54) is 12.5 Å². The van der Waals surface area contributed by atoms with Crippen LogP contribution in [-0.4, -0.2) is 37.8 Å². The number of hydrogen-bond acceptors (Lipinski definition) is 6. The van der Waals surface area contributed by atoms with E-state index in [1.54, 1.807) is 10.6 Å². The molecule has 1 saturated carbocycles. The van der Waals surface area contributed by atoms with E-state index < -0.39 is 23.5 Å². The topological polar surface area (TPSA) is 111 Å². The number of aliphatic hydroxyl groups is 1. The lowest BCUT2D eigenvalue weighted by Crippen LogP contribution is -2.19. The third-order valence-corrected chi connectivity index (χ3v) is 3.50. The Kier molecular flexibility index (Phi) is 2.56. The number of hydrogen-bond donors (Lipinski definition) is 2. The zero-order chi connectivity index (χ0) is 13.6. The number of fused-ring (bicyclic) bond motifs is 1. The molecule has 0 bridgehead atoms. The Morgan fingerprint density at radius 1 is 1.37 bits per heavy atom. The molecule has 1 aliphatic carbocycles. The molecule has 98 valence electrons. The fourth-order valence-electron chi connectivity index (χ4n) is 2.48. The number of ketones is 2. The van der Waals surface area contributed by atoms with E-state index in [4.69, 9.17) is 10.8 Å². The van der Waals surface area contributed by atoms with Crippen molar-refractivity contribution in [2.75, 3.05) is 12.3 Å². The number of aromatic nitrogens is 3. The van der Waals surface area contributed by atoms with Crippen LogP contribution in [-0.2, 0) is 9.59 Å². The number of nitrogens with two attached hydrogens (primary N) is 1. The Balaban J connectivity index is 2.09. The lowest BCUT2D eigenvalue weighted by atomic mass is 10.1. The van der Waals surface area contributed by atoms with E-state index >= 15 is 0 Å². The van der Waals surface area contributed by atoms with Gasteiger partial charge in [-0.2, -0.15) is 0 Å². The summed E-state index contributed by atoms with van der Waals surface area (Å²) in [6.07, 6.45) is 3.31. The van der Waals surface area contributed by atoms with Crippen LogP contribution in [0.2, 0.25) is 0 Å². The molecule has 3 N–H and O–H groups in total. The zero-order valence-electron chi connectivity index (χ0n) is 9.98. The molecule has 7 nitrogen and oxygen atoms in total. The van der Waals surface area contributed by atoms with E-state index in [9.17, 15) is 9.59 Å². The van der Waals surface area contributed by atoms with Crippen LogP contribution in [0.25, 0.3) is 11.0 Å². The van der Waals surface area contributed by atoms with E-state index in [2.05, 4.69) is 9.97 Å². The van der Waals surface area contributed by atoms with Gasteiger partial charge in [-0.15, -0.1) is 0 Å². The minimum Gasteiger partial charge on any atom is -0.396 e. The lowest BCUT2D eigenvalue weighted by molar-refractivity contribution is -0.137. The van der Waals surface area contributed by atoms with Gasteiger partial charge in [0, 0.05) is 6.20 Å². The summed E-state index contributed by atoms with van der Waals surface area (Å²) in [5.41, 5.74) is 6.88. The second kappa shape index (κ2) is 4.13. The van der Waals surface area contributed by atoms with Gasteiger partial charge in [-0.05, 0) is 12.5 Å². The summed E-state index contributed by atoms with van der Waals surface area (Å²) in [5, 5.41) is 9.10. The first kappa shape index (κ1) is 11.8. The molecule has 7 heteroatoms. The normalized spacial score (nSPS) is 23.4. The molecule has 19 heavy (non-hydrogen) atoms. The third kappa shape index (κ3) is 1.62. The quantitative estimate of drug-likeness (QED) is 0.717. The van der Waals surface area contributed by atoms with Gasteiger partial charge < -0.3 is 15.4 Å². The summed E-state index contributed by atoms with van der Waals surface area (Å²) >= 11 is 0. The first-order valence-corrected chi connectivity index (χ1v) is 5.89. The van der Waals surface area contributed by atoms with Crippen molar-refractivity contribution in [1.82, 2.24) is 14.5 Å². The fraction of sp³-hybridized carbons (Fsp3) is 0.333. The molecule has 0 radical (unpaired) electrons. The standard InChI is InChI=1S/C12H12N4O3/c13-12-9-7(1-2-14-12)16(5-15-9)8-3-6(4-17)10(18)11(8)19/h1-2,5-6,8,17H,3-4H2,(H2,13,14)/t6?,8-/m1/s1. The zero-order valence-corrected chi connectivity index (χ0v) is 9.98. The maximum Gasteiger partial charge on any atom is 0.221 e. The maximum atomic E-state index is 11.9. The second-order valence-electron chi connectivity index (χ2n) is 4.58. The number of nitrogens with zero attached hydrogens (tertiary/aromatic N) is 3. The molecule has 2 aromatic heterocycles. The number of anilines is 1. The highest BCUT2D eigenvalue weighted by molar-refractivity contribution is 6.41. The predicted molar refractivity (Wildman–Crippen MR) is 66.2 cm³/mol. The van der Waals surface area contributed by atoms with Crippen molar-refractivity contribution in [2.24, 2.45) is 5.92 Å². The van der Waals surface area contributed by atoms with E-state index in [0.717, 1.165) is 0 Å². The monoisotopic (exact) mass is 260 g/mol. The van der Waals surface area contributed by atoms with Crippen LogP contribution < -0.4 is 5.73 Å². The SMILES string of the molecule is Nc1nccc2c1ncn2[C@@H]1CC(CO)C(=O)C1=O. The highest BCUT2D eigenvalue weighted by Gasteiger charge is 2.41. The number of imidazole rings is 1. The molecule has 2 aromatic rings. The number of rotatable bonds is 2. The minimum atomic E-state index is -0.617. The van der Waals surface area contributed by atoms with Gasteiger partial charge in [0.05, 0.1) is 24.4 Å². The Morgan fingerprint density at radius 3 is 2.84 bits per heavy atom. The van der Waals surface area contributed by atoms with Gasteiger partial charge in [-0.25, -0.2) is 9.97 Å². The molecule has 1 aliphatic rings. The Morgan fingerprint density at radius 2 is 2.16 bits per heavy atom. The van der Waals surface area contributed by atoms with Crippen LogP contribution in [0.5, 0.6) is 0 Å². The molecular formula is C12H12N4O3. The van der Waals surface area contributed by atoms with Gasteiger partial charge in [0.1, 0.15) is 11.6 Å². The predicted octanol–water partition coefficient (Wildman–Crippen LogP) is -0.295.